The second-order valence-electron chi connectivity index (χ2n) is 9.92. The Labute approximate surface area is 239 Å². The third-order valence-electron chi connectivity index (χ3n) is 7.37. The maximum Gasteiger partial charge on any atom is 0.321 e. The van der Waals surface area contributed by atoms with Crippen molar-refractivity contribution in [1.82, 2.24) is 4.90 Å². The normalized spacial score (nSPS) is 16.8. The predicted octanol–water partition coefficient (Wildman–Crippen LogP) is 6.54. The van der Waals surface area contributed by atoms with Crippen LogP contribution in [0.5, 0.6) is 0 Å². The Morgan fingerprint density at radius 2 is 0.800 bits per heavy atom. The Hall–Kier alpha value is -3.77. The van der Waals surface area contributed by atoms with Gasteiger partial charge >= 0.3 is 6.03 Å². The fourth-order valence-electron chi connectivity index (χ4n) is 5.59. The molecule has 5 heteroatoms. The van der Waals surface area contributed by atoms with E-state index in [-0.39, 0.29) is 6.03 Å². The van der Waals surface area contributed by atoms with Crippen molar-refractivity contribution in [2.24, 2.45) is 0 Å². The van der Waals surface area contributed by atoms with Gasteiger partial charge in [0, 0.05) is 30.1 Å². The number of hydrogen-bond donors (Lipinski definition) is 1. The minimum absolute atomic E-state index is 0.0224. The maximum atomic E-state index is 13.7. The first-order valence-corrected chi connectivity index (χ1v) is 16.5. The summed E-state index contributed by atoms with van der Waals surface area (Å²) >= 11 is 0. The topological polar surface area (TPSA) is 32.3 Å². The molecule has 1 aliphatic heterocycles. The molecule has 2 atom stereocenters. The molecule has 0 aliphatic carbocycles. The molecule has 0 radical (unpaired) electrons. The molecule has 5 aromatic rings. The zero-order valence-corrected chi connectivity index (χ0v) is 24.0. The van der Waals surface area contributed by atoms with Crippen molar-refractivity contribution in [2.75, 3.05) is 18.4 Å². The molecule has 0 aromatic heterocycles. The molecule has 0 unspecified atom stereocenters. The van der Waals surface area contributed by atoms with Crippen LogP contribution in [0, 0.1) is 0 Å². The summed E-state index contributed by atoms with van der Waals surface area (Å²) in [5.41, 5.74) is 1.43. The van der Waals surface area contributed by atoms with Crippen molar-refractivity contribution in [1.29, 1.82) is 0 Å². The number of carbonyl (C=O) groups excluding carboxylic acids is 1. The summed E-state index contributed by atoms with van der Waals surface area (Å²) in [6, 6.07) is 53.5. The van der Waals surface area contributed by atoms with Crippen molar-refractivity contribution in [3.8, 4) is 0 Å². The fourth-order valence-corrected chi connectivity index (χ4v) is 12.1. The summed E-state index contributed by atoms with van der Waals surface area (Å²) in [6.07, 6.45) is 0. The van der Waals surface area contributed by atoms with Crippen LogP contribution in [-0.4, -0.2) is 35.3 Å². The third kappa shape index (κ3) is 5.87. The third-order valence-corrected chi connectivity index (χ3v) is 13.4. The van der Waals surface area contributed by atoms with Gasteiger partial charge in [-0.25, -0.2) is 4.79 Å². The summed E-state index contributed by atoms with van der Waals surface area (Å²) in [6.45, 7) is 1.44. The van der Waals surface area contributed by atoms with Crippen molar-refractivity contribution < 1.29 is 4.79 Å². The lowest BCUT2D eigenvalue weighted by Gasteiger charge is -2.34. The van der Waals surface area contributed by atoms with Gasteiger partial charge in [0.1, 0.15) is 0 Å². The zero-order chi connectivity index (χ0) is 27.1. The molecular weight excluding hydrogens is 526 g/mol. The van der Waals surface area contributed by atoms with Gasteiger partial charge in [-0.2, -0.15) is 0 Å². The van der Waals surface area contributed by atoms with E-state index in [1.54, 1.807) is 0 Å². The smallest absolute Gasteiger partial charge is 0.321 e. The van der Waals surface area contributed by atoms with E-state index in [1.807, 2.05) is 30.3 Å². The number of nitrogens with one attached hydrogen (secondary N) is 1. The summed E-state index contributed by atoms with van der Waals surface area (Å²) in [4.78, 5) is 15.8. The SMILES string of the molecule is O=C(Nc1ccccc1)N1C[C@H](P(c2ccccc2)c2ccccc2)[C@@H](P(c2ccccc2)c2ccccc2)C1. The van der Waals surface area contributed by atoms with Crippen LogP contribution >= 0.6 is 15.8 Å². The average molecular weight is 559 g/mol. The quantitative estimate of drug-likeness (QED) is 0.226. The molecule has 1 N–H and O–H groups in total. The van der Waals surface area contributed by atoms with Crippen molar-refractivity contribution in [2.45, 2.75) is 11.3 Å². The van der Waals surface area contributed by atoms with E-state index in [4.69, 9.17) is 0 Å². The Bertz CT molecular complexity index is 1330. The molecule has 0 bridgehead atoms. The average Bonchev–Trinajstić information content (AvgIpc) is 3.44. The number of nitrogens with zero attached hydrogens (tertiary/aromatic N) is 1. The number of amides is 2. The molecule has 6 rings (SSSR count). The molecule has 1 heterocycles. The van der Waals surface area contributed by atoms with E-state index in [9.17, 15) is 4.79 Å². The van der Waals surface area contributed by atoms with E-state index in [1.165, 1.54) is 21.2 Å². The summed E-state index contributed by atoms with van der Waals surface area (Å²) in [7, 11) is -1.44. The standard InChI is InChI=1S/C35H32N2OP2/c38-35(36-28-16-6-1-7-17-28)37-26-33(39(29-18-8-2-9-19-29)30-20-10-3-11-21-30)34(27-37)40(31-22-12-4-13-23-31)32-24-14-5-15-25-32/h1-25,33-34H,26-27H2,(H,36,38)/t33-,34-/m0/s1. The first-order chi connectivity index (χ1) is 19.8. The van der Waals surface area contributed by atoms with Crippen LogP contribution in [0.4, 0.5) is 10.5 Å². The lowest BCUT2D eigenvalue weighted by Crippen LogP contribution is -2.34. The van der Waals surface area contributed by atoms with E-state index in [0.717, 1.165) is 18.8 Å². The molecule has 1 aliphatic rings. The van der Waals surface area contributed by atoms with Crippen molar-refractivity contribution >= 4 is 48.8 Å². The highest BCUT2D eigenvalue weighted by Crippen LogP contribution is 2.54. The number of hydrogen-bond acceptors (Lipinski definition) is 1. The largest absolute Gasteiger partial charge is 0.323 e. The molecule has 40 heavy (non-hydrogen) atoms. The molecule has 3 nitrogen and oxygen atoms in total. The van der Waals surface area contributed by atoms with Gasteiger partial charge in [0.05, 0.1) is 0 Å². The van der Waals surface area contributed by atoms with Gasteiger partial charge in [0.15, 0.2) is 0 Å². The van der Waals surface area contributed by atoms with Gasteiger partial charge in [-0.3, -0.25) is 0 Å². The molecule has 0 spiro atoms. The highest BCUT2D eigenvalue weighted by Gasteiger charge is 2.45. The number of likely N-dealkylation sites (tertiary alicyclic amines) is 1. The first kappa shape index (κ1) is 26.5. The minimum atomic E-state index is -0.721. The van der Waals surface area contributed by atoms with Crippen LogP contribution in [0.25, 0.3) is 0 Å². The maximum absolute atomic E-state index is 13.7. The minimum Gasteiger partial charge on any atom is -0.323 e. The van der Waals surface area contributed by atoms with E-state index < -0.39 is 15.8 Å². The van der Waals surface area contributed by atoms with Crippen LogP contribution in [0.2, 0.25) is 0 Å². The fraction of sp³-hybridized carbons (Fsp3) is 0.114. The number of carbonyl (C=O) groups is 1. The van der Waals surface area contributed by atoms with Crippen LogP contribution in [0.3, 0.4) is 0 Å². The second-order valence-corrected chi connectivity index (χ2v) is 14.8. The highest BCUT2D eigenvalue weighted by molar-refractivity contribution is 7.77. The predicted molar refractivity (Wildman–Crippen MR) is 173 cm³/mol. The molecule has 1 saturated heterocycles. The Morgan fingerprint density at radius 1 is 0.500 bits per heavy atom. The monoisotopic (exact) mass is 558 g/mol. The molecular formula is C35H32N2OP2. The zero-order valence-electron chi connectivity index (χ0n) is 22.3. The number of para-hydroxylation sites is 1. The van der Waals surface area contributed by atoms with Crippen LogP contribution in [0.15, 0.2) is 152 Å². The van der Waals surface area contributed by atoms with Crippen LogP contribution in [-0.2, 0) is 0 Å². The van der Waals surface area contributed by atoms with Crippen molar-refractivity contribution in [3.05, 3.63) is 152 Å². The number of anilines is 1. The van der Waals surface area contributed by atoms with Gasteiger partial charge in [-0.15, -0.1) is 0 Å². The van der Waals surface area contributed by atoms with Gasteiger partial charge in [-0.1, -0.05) is 140 Å². The molecule has 5 aromatic carbocycles. The molecule has 198 valence electrons. The van der Waals surface area contributed by atoms with Crippen LogP contribution in [0.1, 0.15) is 0 Å². The highest BCUT2D eigenvalue weighted by atomic mass is 31.1. The van der Waals surface area contributed by atoms with Gasteiger partial charge in [-0.05, 0) is 49.2 Å². The lowest BCUT2D eigenvalue weighted by atomic mass is 10.3. The number of urea groups is 1. The van der Waals surface area contributed by atoms with Gasteiger partial charge in [0.2, 0.25) is 0 Å². The Morgan fingerprint density at radius 3 is 1.12 bits per heavy atom. The van der Waals surface area contributed by atoms with Gasteiger partial charge < -0.3 is 10.2 Å². The van der Waals surface area contributed by atoms with Crippen molar-refractivity contribution in [3.63, 3.8) is 0 Å². The summed E-state index contributed by atoms with van der Waals surface area (Å²) in [5, 5.41) is 8.61. The molecule has 0 saturated carbocycles. The Kier molecular flexibility index (Phi) is 8.33. The number of rotatable bonds is 7. The molecule has 1 fully saturated rings. The number of benzene rings is 5. The van der Waals surface area contributed by atoms with Gasteiger partial charge in [0.25, 0.3) is 0 Å². The lowest BCUT2D eigenvalue weighted by molar-refractivity contribution is 0.223. The van der Waals surface area contributed by atoms with Crippen LogP contribution < -0.4 is 26.5 Å². The van der Waals surface area contributed by atoms with E-state index in [2.05, 4.69) is 132 Å². The summed E-state index contributed by atoms with van der Waals surface area (Å²) < 4.78 is 0. The second kappa shape index (κ2) is 12.6. The van der Waals surface area contributed by atoms with E-state index >= 15 is 0 Å². The molecule has 2 amide bonds. The summed E-state index contributed by atoms with van der Waals surface area (Å²) in [5.74, 6) is 0. The van der Waals surface area contributed by atoms with E-state index in [0.29, 0.717) is 11.3 Å². The first-order valence-electron chi connectivity index (χ1n) is 13.7. The Balaban J connectivity index is 1.45.